The minimum Gasteiger partial charge on any atom is -0.445 e. The Morgan fingerprint density at radius 1 is 1.13 bits per heavy atom. The third kappa shape index (κ3) is 7.50. The Labute approximate surface area is 177 Å². The van der Waals surface area contributed by atoms with E-state index in [2.05, 4.69) is 16.0 Å². The number of ketones is 1. The lowest BCUT2D eigenvalue weighted by Gasteiger charge is -2.24. The highest BCUT2D eigenvalue weighted by Crippen LogP contribution is 2.17. The molecule has 1 heterocycles. The number of Topliss-reactive ketones (excluding diaryl/α,β-unsaturated/α-hetero) is 1. The monoisotopic (exact) mass is 417 g/mol. The first-order chi connectivity index (χ1) is 14.3. The number of hydrogen-bond acceptors (Lipinski definition) is 5. The number of nitrogens with one attached hydrogen (secondary N) is 3. The summed E-state index contributed by atoms with van der Waals surface area (Å²) in [6.07, 6.45) is 0.577. The van der Waals surface area contributed by atoms with Gasteiger partial charge in [-0.1, -0.05) is 44.2 Å². The van der Waals surface area contributed by atoms with E-state index in [4.69, 9.17) is 4.74 Å². The number of alkyl carbamates (subject to hydrolysis) is 1. The Hall–Kier alpha value is -2.90. The summed E-state index contributed by atoms with van der Waals surface area (Å²) >= 11 is 0. The van der Waals surface area contributed by atoms with Crippen molar-refractivity contribution in [2.45, 2.75) is 58.7 Å². The van der Waals surface area contributed by atoms with Crippen LogP contribution in [0, 0.1) is 11.8 Å². The molecular weight excluding hydrogens is 386 g/mol. The van der Waals surface area contributed by atoms with Gasteiger partial charge in [-0.2, -0.15) is 0 Å². The van der Waals surface area contributed by atoms with Gasteiger partial charge in [-0.25, -0.2) is 4.79 Å². The average molecular weight is 418 g/mol. The molecular formula is C22H31N3O5. The van der Waals surface area contributed by atoms with Crippen LogP contribution in [0.25, 0.3) is 0 Å². The van der Waals surface area contributed by atoms with Gasteiger partial charge in [0.25, 0.3) is 0 Å². The largest absolute Gasteiger partial charge is 0.445 e. The molecule has 8 heteroatoms. The van der Waals surface area contributed by atoms with E-state index >= 15 is 0 Å². The number of ether oxygens (including phenoxy) is 1. The van der Waals surface area contributed by atoms with Gasteiger partial charge in [0.2, 0.25) is 11.8 Å². The molecule has 1 aromatic rings. The fourth-order valence-corrected chi connectivity index (χ4v) is 3.36. The van der Waals surface area contributed by atoms with Crippen LogP contribution in [-0.4, -0.2) is 42.3 Å². The number of carbonyl (C=O) groups is 4. The molecule has 0 aliphatic carbocycles. The van der Waals surface area contributed by atoms with Gasteiger partial charge in [0.15, 0.2) is 5.78 Å². The van der Waals surface area contributed by atoms with Crippen LogP contribution >= 0.6 is 0 Å². The second kappa shape index (κ2) is 11.3. The van der Waals surface area contributed by atoms with Crippen LogP contribution in [-0.2, 0) is 25.7 Å². The van der Waals surface area contributed by atoms with Gasteiger partial charge in [0, 0.05) is 12.5 Å². The van der Waals surface area contributed by atoms with Crippen molar-refractivity contribution in [3.8, 4) is 0 Å². The predicted molar refractivity (Wildman–Crippen MR) is 111 cm³/mol. The lowest BCUT2D eigenvalue weighted by Crippen LogP contribution is -2.52. The molecule has 0 bridgehead atoms. The maximum Gasteiger partial charge on any atom is 0.408 e. The van der Waals surface area contributed by atoms with Crippen LogP contribution in [0.15, 0.2) is 30.3 Å². The number of amides is 3. The topological polar surface area (TPSA) is 114 Å². The van der Waals surface area contributed by atoms with Crippen LogP contribution in [0.5, 0.6) is 0 Å². The molecule has 0 radical (unpaired) electrons. The van der Waals surface area contributed by atoms with Crippen molar-refractivity contribution in [1.29, 1.82) is 0 Å². The van der Waals surface area contributed by atoms with Crippen molar-refractivity contribution in [2.75, 3.05) is 6.54 Å². The Morgan fingerprint density at radius 2 is 1.83 bits per heavy atom. The maximum atomic E-state index is 12.8. The average Bonchev–Trinajstić information content (AvgIpc) is 3.10. The second-order valence-electron chi connectivity index (χ2n) is 8.07. The molecule has 1 aromatic carbocycles. The maximum absolute atomic E-state index is 12.8. The van der Waals surface area contributed by atoms with Crippen molar-refractivity contribution < 1.29 is 23.9 Å². The van der Waals surface area contributed by atoms with Gasteiger partial charge in [0.1, 0.15) is 12.6 Å². The van der Waals surface area contributed by atoms with E-state index in [9.17, 15) is 19.2 Å². The highest BCUT2D eigenvalue weighted by molar-refractivity contribution is 5.92. The smallest absolute Gasteiger partial charge is 0.408 e. The van der Waals surface area contributed by atoms with Crippen LogP contribution in [0.4, 0.5) is 4.79 Å². The van der Waals surface area contributed by atoms with Gasteiger partial charge in [-0.05, 0) is 37.7 Å². The highest BCUT2D eigenvalue weighted by Gasteiger charge is 2.32. The van der Waals surface area contributed by atoms with Gasteiger partial charge in [-0.15, -0.1) is 0 Å². The van der Waals surface area contributed by atoms with Gasteiger partial charge < -0.3 is 20.7 Å². The van der Waals surface area contributed by atoms with Crippen molar-refractivity contribution >= 4 is 23.7 Å². The fourth-order valence-electron chi connectivity index (χ4n) is 3.36. The fraction of sp³-hybridized carbons (Fsp3) is 0.545. The zero-order chi connectivity index (χ0) is 22.1. The van der Waals surface area contributed by atoms with Crippen LogP contribution in [0.3, 0.4) is 0 Å². The summed E-state index contributed by atoms with van der Waals surface area (Å²) in [5, 5.41) is 8.04. The number of carbonyl (C=O) groups excluding carboxylic acids is 4. The summed E-state index contributed by atoms with van der Waals surface area (Å²) < 4.78 is 5.21. The second-order valence-corrected chi connectivity index (χ2v) is 8.07. The number of hydrogen-bond donors (Lipinski definition) is 3. The molecule has 30 heavy (non-hydrogen) atoms. The predicted octanol–water partition coefficient (Wildman–Crippen LogP) is 1.93. The summed E-state index contributed by atoms with van der Waals surface area (Å²) in [5.74, 6) is -0.952. The zero-order valence-electron chi connectivity index (χ0n) is 17.8. The molecule has 0 aromatic heterocycles. The number of benzene rings is 1. The van der Waals surface area contributed by atoms with Crippen molar-refractivity contribution in [2.24, 2.45) is 11.8 Å². The molecule has 8 nitrogen and oxygen atoms in total. The van der Waals surface area contributed by atoms with E-state index in [0.29, 0.717) is 19.4 Å². The highest BCUT2D eigenvalue weighted by atomic mass is 16.5. The van der Waals surface area contributed by atoms with Gasteiger partial charge in [-0.3, -0.25) is 14.4 Å². The van der Waals surface area contributed by atoms with Crippen LogP contribution in [0.2, 0.25) is 0 Å². The Bertz CT molecular complexity index is 750. The Kier molecular flexibility index (Phi) is 8.83. The van der Waals surface area contributed by atoms with E-state index in [1.807, 2.05) is 44.2 Å². The van der Waals surface area contributed by atoms with Gasteiger partial charge >= 0.3 is 6.09 Å². The minimum atomic E-state index is -0.840. The standard InChI is InChI=1S/C22H31N3O5/c1-14(2)11-19(25-22(29)30-13-16-7-5-4-6-8-16)21(28)24-18(15(3)26)12-17-9-10-23-20(17)27/h4-8,14,17-19H,9-13H2,1-3H3,(H,23,27)(H,24,28)(H,25,29)/t17-,18-,19-/m0/s1. The normalized spacial score (nSPS) is 17.7. The third-order valence-corrected chi connectivity index (χ3v) is 5.02. The van der Waals surface area contributed by atoms with Crippen molar-refractivity contribution in [3.05, 3.63) is 35.9 Å². The molecule has 3 amide bonds. The van der Waals surface area contributed by atoms with Crippen LogP contribution < -0.4 is 16.0 Å². The molecule has 3 N–H and O–H groups in total. The molecule has 0 spiro atoms. The first kappa shape index (κ1) is 23.4. The van der Waals surface area contributed by atoms with E-state index < -0.39 is 24.1 Å². The molecule has 0 unspecified atom stereocenters. The molecule has 164 valence electrons. The van der Waals surface area contributed by atoms with Gasteiger partial charge in [0.05, 0.1) is 6.04 Å². The van der Waals surface area contributed by atoms with Crippen molar-refractivity contribution in [3.63, 3.8) is 0 Å². The Morgan fingerprint density at radius 3 is 2.40 bits per heavy atom. The SMILES string of the molecule is CC(=O)[C@H](C[C@@H]1CCNC1=O)NC(=O)[C@H](CC(C)C)NC(=O)OCc1ccccc1. The third-order valence-electron chi connectivity index (χ3n) is 5.02. The quantitative estimate of drug-likeness (QED) is 0.538. The van der Waals surface area contributed by atoms with E-state index in [0.717, 1.165) is 5.56 Å². The van der Waals surface area contributed by atoms with Crippen LogP contribution in [0.1, 0.15) is 45.6 Å². The van der Waals surface area contributed by atoms with E-state index in [1.54, 1.807) is 0 Å². The summed E-state index contributed by atoms with van der Waals surface area (Å²) in [4.78, 5) is 48.9. The first-order valence-electron chi connectivity index (χ1n) is 10.3. The summed E-state index contributed by atoms with van der Waals surface area (Å²) in [5.41, 5.74) is 0.837. The molecule has 2 rings (SSSR count). The lowest BCUT2D eigenvalue weighted by molar-refractivity contribution is -0.129. The molecule has 3 atom stereocenters. The summed E-state index contributed by atoms with van der Waals surface area (Å²) in [6.45, 7) is 5.92. The first-order valence-corrected chi connectivity index (χ1v) is 10.3. The lowest BCUT2D eigenvalue weighted by atomic mass is 9.95. The molecule has 1 saturated heterocycles. The zero-order valence-corrected chi connectivity index (χ0v) is 17.8. The molecule has 1 aliphatic heterocycles. The molecule has 0 saturated carbocycles. The molecule has 1 aliphatic rings. The summed E-state index contributed by atoms with van der Waals surface area (Å²) in [7, 11) is 0. The molecule has 1 fully saturated rings. The summed E-state index contributed by atoms with van der Waals surface area (Å²) in [6, 6.07) is 7.61. The van der Waals surface area contributed by atoms with Crippen molar-refractivity contribution in [1.82, 2.24) is 16.0 Å². The minimum absolute atomic E-state index is 0.0928. The van der Waals surface area contributed by atoms with E-state index in [-0.39, 0.29) is 36.6 Å². The Balaban J connectivity index is 1.95. The van der Waals surface area contributed by atoms with E-state index in [1.165, 1.54) is 6.92 Å². The number of rotatable bonds is 10.